The predicted octanol–water partition coefficient (Wildman–Crippen LogP) is 3.14. The lowest BCUT2D eigenvalue weighted by Crippen LogP contribution is -2.28. The molecule has 2 nitrogen and oxygen atoms in total. The highest BCUT2D eigenvalue weighted by atomic mass is 79.9. The third kappa shape index (κ3) is 3.01. The molecule has 0 saturated heterocycles. The number of anilines is 1. The zero-order valence-corrected chi connectivity index (χ0v) is 10.2. The Bertz CT molecular complexity index is 450. The Balaban J connectivity index is 3.08. The standard InChI is InChI=1S/C12H11BrN2/c1-4-12(2,3)15-11-6-5-10(13)7-9(11)8-14/h1,5-7,15H,2-3H3. The zero-order chi connectivity index (χ0) is 11.5. The van der Waals surface area contributed by atoms with E-state index in [1.165, 1.54) is 0 Å². The molecule has 0 bridgehead atoms. The molecule has 0 fully saturated rings. The lowest BCUT2D eigenvalue weighted by Gasteiger charge is -2.21. The van der Waals surface area contributed by atoms with Crippen LogP contribution in [0.5, 0.6) is 0 Å². The molecule has 0 atom stereocenters. The molecule has 0 heterocycles. The van der Waals surface area contributed by atoms with Crippen LogP contribution in [-0.2, 0) is 0 Å². The first-order chi connectivity index (χ1) is 6.98. The van der Waals surface area contributed by atoms with Gasteiger partial charge in [-0.2, -0.15) is 5.26 Å². The third-order valence-corrected chi connectivity index (χ3v) is 2.40. The molecule has 1 N–H and O–H groups in total. The summed E-state index contributed by atoms with van der Waals surface area (Å²) < 4.78 is 0.878. The van der Waals surface area contributed by atoms with Gasteiger partial charge < -0.3 is 5.32 Å². The summed E-state index contributed by atoms with van der Waals surface area (Å²) in [5, 5.41) is 12.1. The molecule has 15 heavy (non-hydrogen) atoms. The summed E-state index contributed by atoms with van der Waals surface area (Å²) in [6.07, 6.45) is 5.37. The van der Waals surface area contributed by atoms with Crippen LogP contribution in [0.1, 0.15) is 19.4 Å². The SMILES string of the molecule is C#CC(C)(C)Nc1ccc(Br)cc1C#N. The number of benzene rings is 1. The lowest BCUT2D eigenvalue weighted by atomic mass is 10.1. The number of nitrogens with one attached hydrogen (secondary N) is 1. The molecule has 0 unspecified atom stereocenters. The van der Waals surface area contributed by atoms with Crippen LogP contribution in [-0.4, -0.2) is 5.54 Å². The van der Waals surface area contributed by atoms with Gasteiger partial charge in [0.1, 0.15) is 6.07 Å². The van der Waals surface area contributed by atoms with E-state index in [9.17, 15) is 0 Å². The van der Waals surface area contributed by atoms with Crippen molar-refractivity contribution in [1.29, 1.82) is 5.26 Å². The molecule has 1 rings (SSSR count). The first-order valence-corrected chi connectivity index (χ1v) is 5.23. The van der Waals surface area contributed by atoms with E-state index in [0.717, 1.165) is 10.2 Å². The minimum absolute atomic E-state index is 0.459. The van der Waals surface area contributed by atoms with E-state index in [-0.39, 0.29) is 0 Å². The second kappa shape index (κ2) is 4.38. The van der Waals surface area contributed by atoms with Crippen molar-refractivity contribution in [2.45, 2.75) is 19.4 Å². The van der Waals surface area contributed by atoms with E-state index in [2.05, 4.69) is 33.2 Å². The number of nitriles is 1. The molecule has 76 valence electrons. The maximum absolute atomic E-state index is 8.95. The summed E-state index contributed by atoms with van der Waals surface area (Å²) >= 11 is 3.31. The quantitative estimate of drug-likeness (QED) is 0.832. The topological polar surface area (TPSA) is 35.8 Å². The van der Waals surface area contributed by atoms with Gasteiger partial charge in [-0.1, -0.05) is 21.9 Å². The van der Waals surface area contributed by atoms with Crippen LogP contribution in [0, 0.1) is 23.7 Å². The van der Waals surface area contributed by atoms with Crippen molar-refractivity contribution in [3.05, 3.63) is 28.2 Å². The summed E-state index contributed by atoms with van der Waals surface area (Å²) in [6, 6.07) is 7.59. The van der Waals surface area contributed by atoms with Crippen LogP contribution in [0.2, 0.25) is 0 Å². The second-order valence-corrected chi connectivity index (χ2v) is 4.61. The minimum atomic E-state index is -0.459. The highest BCUT2D eigenvalue weighted by Gasteiger charge is 2.15. The zero-order valence-electron chi connectivity index (χ0n) is 8.63. The summed E-state index contributed by atoms with van der Waals surface area (Å²) in [6.45, 7) is 3.77. The molecule has 0 spiro atoms. The second-order valence-electron chi connectivity index (χ2n) is 3.70. The van der Waals surface area contributed by atoms with Gasteiger partial charge >= 0.3 is 0 Å². The van der Waals surface area contributed by atoms with Crippen molar-refractivity contribution in [2.24, 2.45) is 0 Å². The van der Waals surface area contributed by atoms with Gasteiger partial charge in [-0.05, 0) is 32.0 Å². The van der Waals surface area contributed by atoms with Crippen LogP contribution in [0.15, 0.2) is 22.7 Å². The molecule has 0 aliphatic rings. The molecule has 0 amide bonds. The fourth-order valence-electron chi connectivity index (χ4n) is 1.09. The van der Waals surface area contributed by atoms with Crippen LogP contribution in [0.4, 0.5) is 5.69 Å². The maximum Gasteiger partial charge on any atom is 0.101 e. The largest absolute Gasteiger partial charge is 0.368 e. The average molecular weight is 263 g/mol. The van der Waals surface area contributed by atoms with Crippen molar-refractivity contribution >= 4 is 21.6 Å². The lowest BCUT2D eigenvalue weighted by molar-refractivity contribution is 0.741. The summed E-state index contributed by atoms with van der Waals surface area (Å²) in [7, 11) is 0. The van der Waals surface area contributed by atoms with Gasteiger partial charge in [0.05, 0.1) is 16.8 Å². The number of terminal acetylenes is 1. The molecular formula is C12H11BrN2. The number of halogens is 1. The smallest absolute Gasteiger partial charge is 0.101 e. The first-order valence-electron chi connectivity index (χ1n) is 4.44. The van der Waals surface area contributed by atoms with E-state index in [1.807, 2.05) is 26.0 Å². The van der Waals surface area contributed by atoms with E-state index in [4.69, 9.17) is 11.7 Å². The molecular weight excluding hydrogens is 252 g/mol. The van der Waals surface area contributed by atoms with Gasteiger partial charge in [-0.3, -0.25) is 0 Å². The van der Waals surface area contributed by atoms with Gasteiger partial charge in [0.25, 0.3) is 0 Å². The Morgan fingerprint density at radius 1 is 1.47 bits per heavy atom. The molecule has 0 saturated carbocycles. The number of hydrogen-bond acceptors (Lipinski definition) is 2. The van der Waals surface area contributed by atoms with E-state index in [1.54, 1.807) is 6.07 Å². The predicted molar refractivity (Wildman–Crippen MR) is 65.4 cm³/mol. The number of rotatable bonds is 2. The van der Waals surface area contributed by atoms with Crippen LogP contribution in [0.25, 0.3) is 0 Å². The van der Waals surface area contributed by atoms with Gasteiger partial charge in [0.15, 0.2) is 0 Å². The van der Waals surface area contributed by atoms with Crippen LogP contribution in [0.3, 0.4) is 0 Å². The summed E-state index contributed by atoms with van der Waals surface area (Å²) in [5.74, 6) is 2.62. The molecule has 0 aliphatic heterocycles. The van der Waals surface area contributed by atoms with Gasteiger partial charge in [0, 0.05) is 4.47 Å². The molecule has 0 radical (unpaired) electrons. The molecule has 1 aromatic carbocycles. The fourth-order valence-corrected chi connectivity index (χ4v) is 1.45. The van der Waals surface area contributed by atoms with Crippen molar-refractivity contribution in [1.82, 2.24) is 0 Å². The molecule has 0 aliphatic carbocycles. The van der Waals surface area contributed by atoms with Crippen molar-refractivity contribution in [3.8, 4) is 18.4 Å². The van der Waals surface area contributed by atoms with Crippen LogP contribution >= 0.6 is 15.9 Å². The minimum Gasteiger partial charge on any atom is -0.368 e. The van der Waals surface area contributed by atoms with E-state index < -0.39 is 5.54 Å². The highest BCUT2D eigenvalue weighted by Crippen LogP contribution is 2.23. The maximum atomic E-state index is 8.95. The van der Waals surface area contributed by atoms with Crippen molar-refractivity contribution in [3.63, 3.8) is 0 Å². The van der Waals surface area contributed by atoms with Crippen molar-refractivity contribution < 1.29 is 0 Å². The Hall–Kier alpha value is -1.45. The Morgan fingerprint density at radius 3 is 2.67 bits per heavy atom. The van der Waals surface area contributed by atoms with E-state index in [0.29, 0.717) is 5.56 Å². The number of nitrogens with zero attached hydrogens (tertiary/aromatic N) is 1. The fraction of sp³-hybridized carbons (Fsp3) is 0.250. The van der Waals surface area contributed by atoms with Crippen LogP contribution < -0.4 is 5.32 Å². The number of hydrogen-bond donors (Lipinski definition) is 1. The normalized spacial score (nSPS) is 10.2. The van der Waals surface area contributed by atoms with Gasteiger partial charge in [-0.25, -0.2) is 0 Å². The van der Waals surface area contributed by atoms with E-state index >= 15 is 0 Å². The molecule has 1 aromatic rings. The Morgan fingerprint density at radius 2 is 2.13 bits per heavy atom. The Labute approximate surface area is 98.4 Å². The first kappa shape index (κ1) is 11.6. The highest BCUT2D eigenvalue weighted by molar-refractivity contribution is 9.10. The third-order valence-electron chi connectivity index (χ3n) is 1.91. The monoisotopic (exact) mass is 262 g/mol. The molecule has 3 heteroatoms. The summed E-state index contributed by atoms with van der Waals surface area (Å²) in [5.41, 5.74) is 0.871. The Kier molecular flexibility index (Phi) is 3.39. The summed E-state index contributed by atoms with van der Waals surface area (Å²) in [4.78, 5) is 0. The van der Waals surface area contributed by atoms with Gasteiger partial charge in [-0.15, -0.1) is 6.42 Å². The molecule has 0 aromatic heterocycles. The average Bonchev–Trinajstić information content (AvgIpc) is 2.20. The van der Waals surface area contributed by atoms with Crippen molar-refractivity contribution in [2.75, 3.05) is 5.32 Å². The van der Waals surface area contributed by atoms with Gasteiger partial charge in [0.2, 0.25) is 0 Å².